The summed E-state index contributed by atoms with van der Waals surface area (Å²) >= 11 is 0. The van der Waals surface area contributed by atoms with Gasteiger partial charge in [-0.25, -0.2) is 9.48 Å². The van der Waals surface area contributed by atoms with Crippen molar-refractivity contribution in [2.45, 2.75) is 6.54 Å². The number of carbonyl (C=O) groups excluding carboxylic acids is 2. The second-order valence-corrected chi connectivity index (χ2v) is 7.27. The highest BCUT2D eigenvalue weighted by molar-refractivity contribution is 6.03. The van der Waals surface area contributed by atoms with E-state index in [4.69, 9.17) is 4.74 Å². The number of hydrogen-bond acceptors (Lipinski definition) is 7. The molecule has 0 aliphatic carbocycles. The molecule has 0 fully saturated rings. The Kier molecular flexibility index (Phi) is 6.40. The summed E-state index contributed by atoms with van der Waals surface area (Å²) in [6.45, 7) is -0.493. The number of nitro benzene ring substituents is 1. The Labute approximate surface area is 192 Å². The molecule has 0 saturated carbocycles. The van der Waals surface area contributed by atoms with Crippen molar-refractivity contribution >= 4 is 34.0 Å². The van der Waals surface area contributed by atoms with Crippen LogP contribution < -0.4 is 10.9 Å². The lowest BCUT2D eigenvalue weighted by atomic mass is 10.1. The summed E-state index contributed by atoms with van der Waals surface area (Å²) in [5.74, 6) is -1.57. The molecule has 170 valence electrons. The zero-order chi connectivity index (χ0) is 24.1. The Hall–Kier alpha value is -4.86. The van der Waals surface area contributed by atoms with Crippen LogP contribution in [-0.2, 0) is 16.1 Å². The Morgan fingerprint density at radius 1 is 0.971 bits per heavy atom. The highest BCUT2D eigenvalue weighted by atomic mass is 16.6. The van der Waals surface area contributed by atoms with Crippen LogP contribution in [0.15, 0.2) is 83.7 Å². The molecule has 1 heterocycles. The molecule has 0 radical (unpaired) electrons. The number of nitrogens with zero attached hydrogens (tertiary/aromatic N) is 3. The number of non-ortho nitro benzene ring substituents is 1. The van der Waals surface area contributed by atoms with Crippen molar-refractivity contribution in [1.29, 1.82) is 0 Å². The van der Waals surface area contributed by atoms with Gasteiger partial charge in [0.15, 0.2) is 12.3 Å². The first-order valence-electron chi connectivity index (χ1n) is 10.2. The van der Waals surface area contributed by atoms with Gasteiger partial charge < -0.3 is 10.1 Å². The number of fused-ring (bicyclic) bond motifs is 1. The SMILES string of the molecule is O=C(COC(=O)c1nn(Cc2ccccc2)c(=O)c2ccccc12)Nc1cccc([N+](=O)[O-])c1. The van der Waals surface area contributed by atoms with Gasteiger partial charge in [0.05, 0.1) is 16.9 Å². The van der Waals surface area contributed by atoms with Crippen molar-refractivity contribution < 1.29 is 19.2 Å². The van der Waals surface area contributed by atoms with Gasteiger partial charge in [-0.05, 0) is 17.7 Å². The predicted octanol–water partition coefficient (Wildman–Crippen LogP) is 3.15. The highest BCUT2D eigenvalue weighted by Crippen LogP contribution is 2.17. The zero-order valence-electron chi connectivity index (χ0n) is 17.7. The third-order valence-corrected chi connectivity index (χ3v) is 4.91. The quantitative estimate of drug-likeness (QED) is 0.255. The minimum atomic E-state index is -0.882. The summed E-state index contributed by atoms with van der Waals surface area (Å²) in [4.78, 5) is 48.2. The number of benzene rings is 3. The van der Waals surface area contributed by atoms with Crippen LogP contribution in [-0.4, -0.2) is 33.2 Å². The summed E-state index contributed by atoms with van der Waals surface area (Å²) < 4.78 is 6.31. The summed E-state index contributed by atoms with van der Waals surface area (Å²) in [7, 11) is 0. The number of aromatic nitrogens is 2. The Balaban J connectivity index is 1.54. The molecular formula is C24H18N4O6. The summed E-state index contributed by atoms with van der Waals surface area (Å²) in [5.41, 5.74) is 0.359. The van der Waals surface area contributed by atoms with E-state index in [2.05, 4.69) is 10.4 Å². The molecule has 1 amide bonds. The van der Waals surface area contributed by atoms with Gasteiger partial charge in [-0.15, -0.1) is 0 Å². The molecule has 0 atom stereocenters. The van der Waals surface area contributed by atoms with E-state index in [1.54, 1.807) is 24.3 Å². The van der Waals surface area contributed by atoms with Crippen LogP contribution in [0.1, 0.15) is 16.1 Å². The van der Waals surface area contributed by atoms with Crippen molar-refractivity contribution in [2.24, 2.45) is 0 Å². The Morgan fingerprint density at radius 3 is 2.41 bits per heavy atom. The molecule has 0 aliphatic heterocycles. The van der Waals surface area contributed by atoms with Gasteiger partial charge in [0.25, 0.3) is 17.2 Å². The summed E-state index contributed by atoms with van der Waals surface area (Å²) in [5, 5.41) is 18.1. The number of esters is 1. The smallest absolute Gasteiger partial charge is 0.359 e. The first kappa shape index (κ1) is 22.3. The maximum Gasteiger partial charge on any atom is 0.359 e. The highest BCUT2D eigenvalue weighted by Gasteiger charge is 2.19. The topological polar surface area (TPSA) is 133 Å². The van der Waals surface area contributed by atoms with E-state index in [-0.39, 0.29) is 29.2 Å². The molecule has 3 aromatic carbocycles. The van der Waals surface area contributed by atoms with Crippen LogP contribution in [0.3, 0.4) is 0 Å². The van der Waals surface area contributed by atoms with E-state index in [9.17, 15) is 24.5 Å². The second kappa shape index (κ2) is 9.74. The van der Waals surface area contributed by atoms with Gasteiger partial charge >= 0.3 is 5.97 Å². The molecule has 10 heteroatoms. The lowest BCUT2D eigenvalue weighted by Gasteiger charge is -2.11. The Morgan fingerprint density at radius 2 is 1.68 bits per heavy atom. The van der Waals surface area contributed by atoms with Crippen molar-refractivity contribution in [2.75, 3.05) is 11.9 Å². The van der Waals surface area contributed by atoms with Gasteiger partial charge in [-0.1, -0.05) is 54.6 Å². The van der Waals surface area contributed by atoms with Crippen molar-refractivity contribution in [3.8, 4) is 0 Å². The Bertz CT molecular complexity index is 1450. The van der Waals surface area contributed by atoms with Crippen LogP contribution >= 0.6 is 0 Å². The van der Waals surface area contributed by atoms with Gasteiger partial charge in [0, 0.05) is 23.2 Å². The van der Waals surface area contributed by atoms with E-state index in [0.29, 0.717) is 10.8 Å². The number of hydrogen-bond donors (Lipinski definition) is 1. The van der Waals surface area contributed by atoms with E-state index in [1.807, 2.05) is 30.3 Å². The summed E-state index contributed by atoms with van der Waals surface area (Å²) in [6.07, 6.45) is 0. The fraction of sp³-hybridized carbons (Fsp3) is 0.0833. The molecule has 0 aliphatic rings. The molecule has 10 nitrogen and oxygen atoms in total. The van der Waals surface area contributed by atoms with Crippen molar-refractivity contribution in [3.05, 3.63) is 111 Å². The number of anilines is 1. The summed E-state index contributed by atoms with van der Waals surface area (Å²) in [6, 6.07) is 21.1. The van der Waals surface area contributed by atoms with Crippen LogP contribution in [0.4, 0.5) is 11.4 Å². The molecular weight excluding hydrogens is 440 g/mol. The van der Waals surface area contributed by atoms with Crippen LogP contribution in [0, 0.1) is 10.1 Å². The second-order valence-electron chi connectivity index (χ2n) is 7.27. The molecule has 0 unspecified atom stereocenters. The third kappa shape index (κ3) is 4.96. The van der Waals surface area contributed by atoms with E-state index in [0.717, 1.165) is 5.56 Å². The first-order chi connectivity index (χ1) is 16.4. The molecule has 34 heavy (non-hydrogen) atoms. The van der Waals surface area contributed by atoms with Gasteiger partial charge in [-0.3, -0.25) is 19.7 Å². The van der Waals surface area contributed by atoms with Gasteiger partial charge in [-0.2, -0.15) is 5.10 Å². The number of nitro groups is 1. The van der Waals surface area contributed by atoms with E-state index >= 15 is 0 Å². The standard InChI is InChI=1S/C24H18N4O6/c29-21(25-17-9-6-10-18(13-17)28(32)33)15-34-24(31)22-19-11-4-5-12-20(19)23(30)27(26-22)14-16-7-2-1-3-8-16/h1-13H,14-15H2,(H,25,29). The fourth-order valence-electron chi connectivity index (χ4n) is 3.34. The lowest BCUT2D eigenvalue weighted by Crippen LogP contribution is -2.28. The maximum absolute atomic E-state index is 12.9. The average molecular weight is 458 g/mol. The molecule has 0 bridgehead atoms. The normalized spacial score (nSPS) is 10.6. The number of rotatable bonds is 7. The number of nitrogens with one attached hydrogen (secondary N) is 1. The van der Waals surface area contributed by atoms with Gasteiger partial charge in [0.2, 0.25) is 0 Å². The minimum absolute atomic E-state index is 0.103. The molecule has 1 N–H and O–H groups in total. The lowest BCUT2D eigenvalue weighted by molar-refractivity contribution is -0.384. The molecule has 1 aromatic heterocycles. The minimum Gasteiger partial charge on any atom is -0.451 e. The number of ether oxygens (including phenoxy) is 1. The molecule has 0 saturated heterocycles. The van der Waals surface area contributed by atoms with Crippen molar-refractivity contribution in [3.63, 3.8) is 0 Å². The zero-order valence-corrected chi connectivity index (χ0v) is 17.7. The van der Waals surface area contributed by atoms with E-state index in [1.165, 1.54) is 28.9 Å². The van der Waals surface area contributed by atoms with Gasteiger partial charge in [0.1, 0.15) is 0 Å². The first-order valence-corrected chi connectivity index (χ1v) is 10.2. The van der Waals surface area contributed by atoms with Crippen LogP contribution in [0.5, 0.6) is 0 Å². The maximum atomic E-state index is 12.9. The average Bonchev–Trinajstić information content (AvgIpc) is 2.85. The molecule has 4 rings (SSSR count). The van der Waals surface area contributed by atoms with Crippen molar-refractivity contribution in [1.82, 2.24) is 9.78 Å². The third-order valence-electron chi connectivity index (χ3n) is 4.91. The largest absolute Gasteiger partial charge is 0.451 e. The molecule has 0 spiro atoms. The monoisotopic (exact) mass is 458 g/mol. The number of amides is 1. The number of carbonyl (C=O) groups is 2. The molecule has 4 aromatic rings. The van der Waals surface area contributed by atoms with Crippen LogP contribution in [0.2, 0.25) is 0 Å². The van der Waals surface area contributed by atoms with E-state index < -0.39 is 23.4 Å². The fourth-order valence-corrected chi connectivity index (χ4v) is 3.34. The predicted molar refractivity (Wildman–Crippen MR) is 124 cm³/mol. The van der Waals surface area contributed by atoms with Crippen LogP contribution in [0.25, 0.3) is 10.8 Å².